The summed E-state index contributed by atoms with van der Waals surface area (Å²) in [5.74, 6) is 1.70. The van der Waals surface area contributed by atoms with Crippen LogP contribution in [-0.4, -0.2) is 37.2 Å². The average Bonchev–Trinajstić information content (AvgIpc) is 3.28. The summed E-state index contributed by atoms with van der Waals surface area (Å²) in [5, 5.41) is 0. The lowest BCUT2D eigenvalue weighted by Gasteiger charge is -2.18. The molecule has 6 heteroatoms. The largest absolute Gasteiger partial charge is 0.462 e. The molecule has 0 amide bonds. The molecule has 0 rings (SSSR count). The summed E-state index contributed by atoms with van der Waals surface area (Å²) < 4.78 is 16.9. The number of rotatable bonds is 52. The van der Waals surface area contributed by atoms with Crippen LogP contribution in [0.1, 0.15) is 324 Å². The molecule has 0 fully saturated rings. The van der Waals surface area contributed by atoms with E-state index >= 15 is 0 Å². The van der Waals surface area contributed by atoms with Crippen LogP contribution in [0.5, 0.6) is 0 Å². The Hall–Kier alpha value is -1.59. The van der Waals surface area contributed by atoms with Crippen molar-refractivity contribution in [2.24, 2.45) is 17.8 Å². The van der Waals surface area contributed by atoms with Gasteiger partial charge in [-0.3, -0.25) is 14.4 Å². The third-order valence-electron chi connectivity index (χ3n) is 13.8. The van der Waals surface area contributed by atoms with Gasteiger partial charge in [-0.15, -0.1) is 0 Å². The first-order chi connectivity index (χ1) is 31.6. The van der Waals surface area contributed by atoms with Gasteiger partial charge in [0.05, 0.1) is 0 Å². The van der Waals surface area contributed by atoms with E-state index in [4.69, 9.17) is 14.2 Å². The summed E-state index contributed by atoms with van der Waals surface area (Å²) in [7, 11) is 0. The van der Waals surface area contributed by atoms with Crippen molar-refractivity contribution >= 4 is 17.9 Å². The highest BCUT2D eigenvalue weighted by Gasteiger charge is 2.19. The summed E-state index contributed by atoms with van der Waals surface area (Å²) in [6.45, 7) is 13.8. The van der Waals surface area contributed by atoms with Gasteiger partial charge >= 0.3 is 17.9 Å². The number of esters is 3. The minimum atomic E-state index is -0.764. The zero-order chi connectivity index (χ0) is 47.7. The molecule has 65 heavy (non-hydrogen) atoms. The van der Waals surface area contributed by atoms with E-state index in [1.54, 1.807) is 0 Å². The van der Waals surface area contributed by atoms with Crippen LogP contribution in [0, 0.1) is 17.8 Å². The number of hydrogen-bond acceptors (Lipinski definition) is 6. The van der Waals surface area contributed by atoms with Crippen molar-refractivity contribution in [3.63, 3.8) is 0 Å². The Morgan fingerprint density at radius 2 is 0.538 bits per heavy atom. The fraction of sp³-hybridized carbons (Fsp3) is 0.949. The van der Waals surface area contributed by atoms with Gasteiger partial charge in [0.15, 0.2) is 6.10 Å². The van der Waals surface area contributed by atoms with Crippen LogP contribution in [0.4, 0.5) is 0 Å². The van der Waals surface area contributed by atoms with Gasteiger partial charge in [-0.2, -0.15) is 0 Å². The number of hydrogen-bond donors (Lipinski definition) is 0. The monoisotopic (exact) mass is 919 g/mol. The number of carbonyl (C=O) groups excluding carboxylic acids is 3. The van der Waals surface area contributed by atoms with Crippen LogP contribution < -0.4 is 0 Å². The molecule has 0 aliphatic rings. The second kappa shape index (κ2) is 50.3. The highest BCUT2D eigenvalue weighted by Crippen LogP contribution is 2.19. The van der Waals surface area contributed by atoms with Crippen molar-refractivity contribution < 1.29 is 28.6 Å². The molecular formula is C59H114O6. The molecular weight excluding hydrogens is 805 g/mol. The summed E-state index contributed by atoms with van der Waals surface area (Å²) in [6.07, 6.45) is 52.3. The lowest BCUT2D eigenvalue weighted by atomic mass is 9.99. The van der Waals surface area contributed by atoms with Gasteiger partial charge in [0, 0.05) is 19.3 Å². The van der Waals surface area contributed by atoms with Crippen LogP contribution in [-0.2, 0) is 28.6 Å². The lowest BCUT2D eigenvalue weighted by Crippen LogP contribution is -2.30. The summed E-state index contributed by atoms with van der Waals surface area (Å²) in [6, 6.07) is 0. The van der Waals surface area contributed by atoms with Crippen molar-refractivity contribution in [1.29, 1.82) is 0 Å². The molecule has 0 saturated heterocycles. The van der Waals surface area contributed by atoms with E-state index in [-0.39, 0.29) is 31.1 Å². The Balaban J connectivity index is 4.29. The molecule has 0 aromatic carbocycles. The molecule has 386 valence electrons. The second-order valence-electron chi connectivity index (χ2n) is 21.5. The highest BCUT2D eigenvalue weighted by molar-refractivity contribution is 5.71. The van der Waals surface area contributed by atoms with Crippen LogP contribution >= 0.6 is 0 Å². The molecule has 0 bridgehead atoms. The second-order valence-corrected chi connectivity index (χ2v) is 21.5. The normalized spacial score (nSPS) is 12.6. The van der Waals surface area contributed by atoms with Crippen molar-refractivity contribution in [3.05, 3.63) is 0 Å². The Morgan fingerprint density at radius 3 is 0.800 bits per heavy atom. The maximum absolute atomic E-state index is 12.9. The maximum Gasteiger partial charge on any atom is 0.306 e. The number of unbranched alkanes of at least 4 members (excludes halogenated alkanes) is 34. The SMILES string of the molecule is CCC(C)CCCCCCCCCCCCCCCCC(=O)O[C@H](COC(=O)CCCCCCCCCCCCCCCCC(C)C)COC(=O)CCCCCCCCCCCC(C)C. The topological polar surface area (TPSA) is 78.9 Å². The standard InChI is InChI=1S/C59H114O6/c1-7-55(6)47-41-35-29-23-17-13-9-11-15-19-25-32-38-44-50-59(62)65-56(52-64-58(61)49-43-37-31-26-20-22-28-34-40-46-54(4)5)51-63-57(60)48-42-36-30-24-18-14-10-8-12-16-21-27-33-39-45-53(2)3/h53-56H,7-52H2,1-6H3/t55?,56-/m1/s1. The molecule has 0 aromatic heterocycles. The summed E-state index contributed by atoms with van der Waals surface area (Å²) >= 11 is 0. The first-order valence-electron chi connectivity index (χ1n) is 29.1. The van der Waals surface area contributed by atoms with Crippen molar-refractivity contribution in [3.8, 4) is 0 Å². The van der Waals surface area contributed by atoms with Crippen molar-refractivity contribution in [1.82, 2.24) is 0 Å². The van der Waals surface area contributed by atoms with Gasteiger partial charge in [-0.25, -0.2) is 0 Å². The van der Waals surface area contributed by atoms with Gasteiger partial charge < -0.3 is 14.2 Å². The predicted molar refractivity (Wildman–Crippen MR) is 279 cm³/mol. The third-order valence-corrected chi connectivity index (χ3v) is 13.8. The van der Waals surface area contributed by atoms with Crippen LogP contribution in [0.2, 0.25) is 0 Å². The van der Waals surface area contributed by atoms with Crippen LogP contribution in [0.25, 0.3) is 0 Å². The van der Waals surface area contributed by atoms with Gasteiger partial charge in [0.1, 0.15) is 13.2 Å². The first-order valence-corrected chi connectivity index (χ1v) is 29.1. The van der Waals surface area contributed by atoms with E-state index < -0.39 is 6.10 Å². The van der Waals surface area contributed by atoms with Crippen molar-refractivity contribution in [2.75, 3.05) is 13.2 Å². The molecule has 0 aliphatic heterocycles. The molecule has 2 atom stereocenters. The fourth-order valence-corrected chi connectivity index (χ4v) is 8.97. The molecule has 0 heterocycles. The van der Waals surface area contributed by atoms with Crippen molar-refractivity contribution in [2.45, 2.75) is 330 Å². The maximum atomic E-state index is 12.9. The summed E-state index contributed by atoms with van der Waals surface area (Å²) in [4.78, 5) is 38.1. The average molecular weight is 920 g/mol. The van der Waals surface area contributed by atoms with Gasteiger partial charge in [0.25, 0.3) is 0 Å². The number of carbonyl (C=O) groups is 3. The minimum absolute atomic E-state index is 0.0636. The molecule has 0 saturated carbocycles. The zero-order valence-electron chi connectivity index (χ0n) is 44.8. The fourth-order valence-electron chi connectivity index (χ4n) is 8.97. The van der Waals surface area contributed by atoms with Crippen LogP contribution in [0.3, 0.4) is 0 Å². The van der Waals surface area contributed by atoms with E-state index in [2.05, 4.69) is 41.5 Å². The lowest BCUT2D eigenvalue weighted by molar-refractivity contribution is -0.167. The first kappa shape index (κ1) is 63.4. The third kappa shape index (κ3) is 51.6. The Kier molecular flexibility index (Phi) is 49.1. The van der Waals surface area contributed by atoms with Gasteiger partial charge in [-0.05, 0) is 37.0 Å². The Labute approximate surface area is 406 Å². The Bertz CT molecular complexity index is 1010. The Morgan fingerprint density at radius 1 is 0.308 bits per heavy atom. The molecule has 0 spiro atoms. The van der Waals surface area contributed by atoms with E-state index in [1.807, 2.05) is 0 Å². The molecule has 0 aliphatic carbocycles. The number of ether oxygens (including phenoxy) is 3. The van der Waals surface area contributed by atoms with E-state index in [0.717, 1.165) is 75.5 Å². The molecule has 1 unspecified atom stereocenters. The molecule has 0 aromatic rings. The molecule has 0 radical (unpaired) electrons. The van der Waals surface area contributed by atoms with Gasteiger partial charge in [-0.1, -0.05) is 286 Å². The minimum Gasteiger partial charge on any atom is -0.462 e. The molecule has 6 nitrogen and oxygen atoms in total. The highest BCUT2D eigenvalue weighted by atomic mass is 16.6. The quantitative estimate of drug-likeness (QED) is 0.0344. The van der Waals surface area contributed by atoms with E-state index in [1.165, 1.54) is 205 Å². The van der Waals surface area contributed by atoms with Gasteiger partial charge in [0.2, 0.25) is 0 Å². The predicted octanol–water partition coefficient (Wildman–Crippen LogP) is 19.1. The zero-order valence-corrected chi connectivity index (χ0v) is 44.8. The smallest absolute Gasteiger partial charge is 0.306 e. The summed E-state index contributed by atoms with van der Waals surface area (Å²) in [5.41, 5.74) is 0. The van der Waals surface area contributed by atoms with E-state index in [9.17, 15) is 14.4 Å². The van der Waals surface area contributed by atoms with E-state index in [0.29, 0.717) is 19.3 Å². The molecule has 0 N–H and O–H groups in total. The van der Waals surface area contributed by atoms with Crippen LogP contribution in [0.15, 0.2) is 0 Å².